The SMILES string of the molecule is Cc1c(-c2cc(CN3CCCCC3C3(CN)CCC3)on2)cnn1C. The maximum Gasteiger partial charge on any atom is 0.151 e. The highest BCUT2D eigenvalue weighted by atomic mass is 16.5. The van der Waals surface area contributed by atoms with Gasteiger partial charge in [-0.15, -0.1) is 0 Å². The van der Waals surface area contributed by atoms with E-state index in [2.05, 4.69) is 28.1 Å². The van der Waals surface area contributed by atoms with Crippen LogP contribution < -0.4 is 5.73 Å². The molecule has 0 amide bonds. The van der Waals surface area contributed by atoms with E-state index in [1.807, 2.05) is 17.9 Å². The van der Waals surface area contributed by atoms with E-state index >= 15 is 0 Å². The van der Waals surface area contributed by atoms with Crippen molar-refractivity contribution in [2.24, 2.45) is 18.2 Å². The number of aryl methyl sites for hydroxylation is 1. The summed E-state index contributed by atoms with van der Waals surface area (Å²) in [6.07, 6.45) is 9.59. The molecule has 136 valence electrons. The average molecular weight is 343 g/mol. The second kappa shape index (κ2) is 6.57. The van der Waals surface area contributed by atoms with E-state index in [0.717, 1.165) is 42.3 Å². The summed E-state index contributed by atoms with van der Waals surface area (Å²) in [5, 5.41) is 8.59. The Bertz CT molecular complexity index is 724. The number of aromatic nitrogens is 3. The fourth-order valence-corrected chi connectivity index (χ4v) is 4.64. The van der Waals surface area contributed by atoms with Crippen LogP contribution in [0.3, 0.4) is 0 Å². The lowest BCUT2D eigenvalue weighted by atomic mass is 9.62. The van der Waals surface area contributed by atoms with Crippen LogP contribution in [-0.4, -0.2) is 39.0 Å². The number of nitrogens with two attached hydrogens (primary N) is 1. The Balaban J connectivity index is 1.52. The van der Waals surface area contributed by atoms with E-state index in [4.69, 9.17) is 10.3 Å². The van der Waals surface area contributed by atoms with Gasteiger partial charge in [0.15, 0.2) is 5.76 Å². The Morgan fingerprint density at radius 1 is 1.32 bits per heavy atom. The van der Waals surface area contributed by atoms with Gasteiger partial charge in [-0.1, -0.05) is 18.0 Å². The molecule has 1 aliphatic carbocycles. The van der Waals surface area contributed by atoms with Crippen molar-refractivity contribution in [3.05, 3.63) is 23.7 Å². The van der Waals surface area contributed by atoms with E-state index in [0.29, 0.717) is 11.5 Å². The van der Waals surface area contributed by atoms with Crippen molar-refractivity contribution in [1.29, 1.82) is 0 Å². The normalized spacial score (nSPS) is 23.6. The number of piperidine rings is 1. The second-order valence-electron chi connectivity index (χ2n) is 7.85. The number of likely N-dealkylation sites (tertiary alicyclic amines) is 1. The van der Waals surface area contributed by atoms with Crippen LogP contribution in [0, 0.1) is 12.3 Å². The molecule has 1 unspecified atom stereocenters. The third kappa shape index (κ3) is 2.91. The Kier molecular flexibility index (Phi) is 4.41. The third-order valence-electron chi connectivity index (χ3n) is 6.51. The van der Waals surface area contributed by atoms with Crippen LogP contribution in [0.1, 0.15) is 50.0 Å². The number of rotatable bonds is 5. The monoisotopic (exact) mass is 343 g/mol. The smallest absolute Gasteiger partial charge is 0.151 e. The van der Waals surface area contributed by atoms with Gasteiger partial charge in [-0.3, -0.25) is 9.58 Å². The molecule has 6 nitrogen and oxygen atoms in total. The summed E-state index contributed by atoms with van der Waals surface area (Å²) in [6, 6.07) is 2.67. The molecule has 1 atom stereocenters. The van der Waals surface area contributed by atoms with Gasteiger partial charge in [0.05, 0.1) is 12.7 Å². The Morgan fingerprint density at radius 3 is 2.80 bits per heavy atom. The summed E-state index contributed by atoms with van der Waals surface area (Å²) in [5.41, 5.74) is 9.55. The molecule has 1 saturated carbocycles. The van der Waals surface area contributed by atoms with E-state index in [-0.39, 0.29) is 0 Å². The van der Waals surface area contributed by atoms with Crippen molar-refractivity contribution in [2.45, 2.75) is 58.0 Å². The van der Waals surface area contributed by atoms with Crippen LogP contribution in [0.5, 0.6) is 0 Å². The molecule has 2 fully saturated rings. The molecule has 0 spiro atoms. The van der Waals surface area contributed by atoms with Crippen molar-refractivity contribution < 1.29 is 4.52 Å². The molecule has 0 radical (unpaired) electrons. The summed E-state index contributed by atoms with van der Waals surface area (Å²) in [7, 11) is 1.95. The van der Waals surface area contributed by atoms with E-state index in [1.165, 1.54) is 38.5 Å². The molecule has 2 aromatic heterocycles. The fourth-order valence-electron chi connectivity index (χ4n) is 4.64. The van der Waals surface area contributed by atoms with Gasteiger partial charge < -0.3 is 10.3 Å². The molecule has 25 heavy (non-hydrogen) atoms. The van der Waals surface area contributed by atoms with Gasteiger partial charge in [-0.25, -0.2) is 0 Å². The lowest BCUT2D eigenvalue weighted by Crippen LogP contribution is -2.56. The molecule has 4 rings (SSSR count). The number of hydrogen-bond acceptors (Lipinski definition) is 5. The molecule has 3 heterocycles. The highest BCUT2D eigenvalue weighted by Gasteiger charge is 2.46. The summed E-state index contributed by atoms with van der Waals surface area (Å²) < 4.78 is 7.54. The van der Waals surface area contributed by atoms with Gasteiger partial charge in [0, 0.05) is 30.4 Å². The van der Waals surface area contributed by atoms with Gasteiger partial charge in [0.1, 0.15) is 5.69 Å². The van der Waals surface area contributed by atoms with Crippen LogP contribution in [0.4, 0.5) is 0 Å². The predicted octanol–water partition coefficient (Wildman–Crippen LogP) is 2.87. The second-order valence-corrected chi connectivity index (χ2v) is 7.85. The molecular weight excluding hydrogens is 314 g/mol. The lowest BCUT2D eigenvalue weighted by molar-refractivity contribution is -0.0239. The first-order valence-corrected chi connectivity index (χ1v) is 9.52. The highest BCUT2D eigenvalue weighted by molar-refractivity contribution is 5.60. The Morgan fingerprint density at radius 2 is 2.16 bits per heavy atom. The first kappa shape index (κ1) is 16.8. The standard InChI is InChI=1S/C19H29N5O/c1-14-16(11-21-23(14)2)17-10-15(25-22-17)12-24-9-4-3-6-18(24)19(13-20)7-5-8-19/h10-11,18H,3-9,12-13,20H2,1-2H3. The molecule has 1 saturated heterocycles. The van der Waals surface area contributed by atoms with Crippen molar-refractivity contribution >= 4 is 0 Å². The van der Waals surface area contributed by atoms with E-state index in [9.17, 15) is 0 Å². The fraction of sp³-hybridized carbons (Fsp3) is 0.684. The van der Waals surface area contributed by atoms with Crippen LogP contribution in [0.15, 0.2) is 16.8 Å². The average Bonchev–Trinajstić information content (AvgIpc) is 3.16. The highest BCUT2D eigenvalue weighted by Crippen LogP contribution is 2.48. The molecular formula is C19H29N5O. The van der Waals surface area contributed by atoms with Gasteiger partial charge in [-0.2, -0.15) is 5.10 Å². The van der Waals surface area contributed by atoms with Crippen LogP contribution in [0.25, 0.3) is 11.3 Å². The van der Waals surface area contributed by atoms with E-state index < -0.39 is 0 Å². The molecule has 0 bridgehead atoms. The Labute approximate surface area is 149 Å². The molecule has 6 heteroatoms. The molecule has 2 N–H and O–H groups in total. The summed E-state index contributed by atoms with van der Waals surface area (Å²) in [6.45, 7) is 4.83. The molecule has 1 aliphatic heterocycles. The first-order valence-electron chi connectivity index (χ1n) is 9.52. The topological polar surface area (TPSA) is 73.1 Å². The third-order valence-corrected chi connectivity index (χ3v) is 6.51. The molecule has 2 aliphatic rings. The van der Waals surface area contributed by atoms with Gasteiger partial charge >= 0.3 is 0 Å². The Hall–Kier alpha value is -1.66. The molecule has 0 aromatic carbocycles. The van der Waals surface area contributed by atoms with Crippen LogP contribution in [-0.2, 0) is 13.6 Å². The minimum atomic E-state index is 0.337. The number of hydrogen-bond donors (Lipinski definition) is 1. The first-order chi connectivity index (χ1) is 12.1. The zero-order valence-electron chi connectivity index (χ0n) is 15.4. The minimum absolute atomic E-state index is 0.337. The van der Waals surface area contributed by atoms with Gasteiger partial charge in [-0.05, 0) is 51.1 Å². The van der Waals surface area contributed by atoms with Crippen molar-refractivity contribution in [3.8, 4) is 11.3 Å². The summed E-state index contributed by atoms with van der Waals surface area (Å²) >= 11 is 0. The zero-order valence-corrected chi connectivity index (χ0v) is 15.4. The van der Waals surface area contributed by atoms with Gasteiger partial charge in [0.25, 0.3) is 0 Å². The maximum absolute atomic E-state index is 6.18. The van der Waals surface area contributed by atoms with Crippen molar-refractivity contribution in [1.82, 2.24) is 19.8 Å². The maximum atomic E-state index is 6.18. The molecule has 2 aromatic rings. The number of nitrogens with zero attached hydrogens (tertiary/aromatic N) is 4. The zero-order chi connectivity index (χ0) is 17.4. The minimum Gasteiger partial charge on any atom is -0.359 e. The van der Waals surface area contributed by atoms with Crippen molar-refractivity contribution in [3.63, 3.8) is 0 Å². The van der Waals surface area contributed by atoms with Crippen molar-refractivity contribution in [2.75, 3.05) is 13.1 Å². The predicted molar refractivity (Wildman–Crippen MR) is 96.8 cm³/mol. The van der Waals surface area contributed by atoms with Gasteiger partial charge in [0.2, 0.25) is 0 Å². The summed E-state index contributed by atoms with van der Waals surface area (Å²) in [4.78, 5) is 2.59. The summed E-state index contributed by atoms with van der Waals surface area (Å²) in [5.74, 6) is 0.941. The quantitative estimate of drug-likeness (QED) is 0.904. The van der Waals surface area contributed by atoms with Crippen LogP contribution >= 0.6 is 0 Å². The lowest BCUT2D eigenvalue weighted by Gasteiger charge is -2.53. The van der Waals surface area contributed by atoms with E-state index in [1.54, 1.807) is 0 Å². The largest absolute Gasteiger partial charge is 0.359 e. The van der Waals surface area contributed by atoms with Crippen LogP contribution in [0.2, 0.25) is 0 Å².